The van der Waals surface area contributed by atoms with Crippen LogP contribution in [0.5, 0.6) is 17.2 Å². The molecule has 0 amide bonds. The third kappa shape index (κ3) is 3.87. The van der Waals surface area contributed by atoms with Crippen LogP contribution in [0.3, 0.4) is 0 Å². The molecule has 0 saturated carbocycles. The van der Waals surface area contributed by atoms with Gasteiger partial charge in [0.2, 0.25) is 5.75 Å². The summed E-state index contributed by atoms with van der Waals surface area (Å²) in [5.74, 6) is 1.91. The summed E-state index contributed by atoms with van der Waals surface area (Å²) in [6.45, 7) is 0.489. The van der Waals surface area contributed by atoms with Crippen LogP contribution in [0.2, 0.25) is 0 Å². The number of nitrogens with zero attached hydrogens (tertiary/aromatic N) is 2. The van der Waals surface area contributed by atoms with Crippen molar-refractivity contribution in [1.29, 1.82) is 0 Å². The van der Waals surface area contributed by atoms with Crippen molar-refractivity contribution in [2.24, 2.45) is 5.92 Å². The maximum Gasteiger partial charge on any atom is 0.261 e. The normalized spacial score (nSPS) is 17.0. The van der Waals surface area contributed by atoms with E-state index in [4.69, 9.17) is 14.2 Å². The lowest BCUT2D eigenvalue weighted by Crippen LogP contribution is -2.26. The van der Waals surface area contributed by atoms with E-state index in [2.05, 4.69) is 4.98 Å². The summed E-state index contributed by atoms with van der Waals surface area (Å²) < 4.78 is 40.7. The average Bonchev–Trinajstić information content (AvgIpc) is 2.66. The fourth-order valence-corrected chi connectivity index (χ4v) is 5.06. The molecule has 27 heavy (non-hydrogen) atoms. The third-order valence-corrected chi connectivity index (χ3v) is 6.79. The summed E-state index contributed by atoms with van der Waals surface area (Å²) in [6.07, 6.45) is 3.54. The molecule has 1 saturated heterocycles. The van der Waals surface area contributed by atoms with Gasteiger partial charge in [0.05, 0.1) is 44.5 Å². The van der Waals surface area contributed by atoms with Crippen molar-refractivity contribution in [1.82, 2.24) is 9.55 Å². The van der Waals surface area contributed by atoms with Crippen LogP contribution in [0.1, 0.15) is 19.3 Å². The smallest absolute Gasteiger partial charge is 0.261 e. The maximum atomic E-state index is 12.9. The molecule has 0 radical (unpaired) electrons. The summed E-state index contributed by atoms with van der Waals surface area (Å²) in [5.41, 5.74) is 0.225. The van der Waals surface area contributed by atoms with E-state index in [0.717, 1.165) is 6.42 Å². The second-order valence-corrected chi connectivity index (χ2v) is 8.97. The van der Waals surface area contributed by atoms with Gasteiger partial charge in [0.25, 0.3) is 5.56 Å². The van der Waals surface area contributed by atoms with Gasteiger partial charge >= 0.3 is 0 Å². The molecule has 0 bridgehead atoms. The zero-order valence-electron chi connectivity index (χ0n) is 15.7. The number of methoxy groups -OCH3 is 3. The number of benzene rings is 1. The summed E-state index contributed by atoms with van der Waals surface area (Å²) in [5, 5.41) is 0.387. The van der Waals surface area contributed by atoms with Gasteiger partial charge in [0.15, 0.2) is 11.5 Å². The van der Waals surface area contributed by atoms with Crippen LogP contribution >= 0.6 is 0 Å². The molecule has 0 spiro atoms. The molecule has 8 nitrogen and oxygen atoms in total. The van der Waals surface area contributed by atoms with E-state index < -0.39 is 9.84 Å². The maximum absolute atomic E-state index is 12.9. The molecule has 3 rings (SSSR count). The third-order valence-electron chi connectivity index (χ3n) is 5.07. The van der Waals surface area contributed by atoms with E-state index in [-0.39, 0.29) is 17.1 Å². The first-order valence-electron chi connectivity index (χ1n) is 8.78. The first-order valence-corrected chi connectivity index (χ1v) is 10.6. The minimum Gasteiger partial charge on any atom is -0.493 e. The Bertz CT molecular complexity index is 985. The SMILES string of the molecule is COc1cc2c(=O)n(CCC3CCS(=O)(=O)CC3)cnc2c(OC)c1OC. The average molecular weight is 396 g/mol. The van der Waals surface area contributed by atoms with Crippen LogP contribution in [-0.4, -0.2) is 50.8 Å². The van der Waals surface area contributed by atoms with E-state index >= 15 is 0 Å². The van der Waals surface area contributed by atoms with Crippen LogP contribution in [0.4, 0.5) is 0 Å². The molecule has 2 heterocycles. The van der Waals surface area contributed by atoms with Crippen molar-refractivity contribution in [3.63, 3.8) is 0 Å². The quantitative estimate of drug-likeness (QED) is 0.732. The van der Waals surface area contributed by atoms with Crippen molar-refractivity contribution in [3.05, 3.63) is 22.7 Å². The first-order chi connectivity index (χ1) is 12.9. The lowest BCUT2D eigenvalue weighted by molar-refractivity contribution is 0.326. The Morgan fingerprint density at radius 2 is 1.78 bits per heavy atom. The lowest BCUT2D eigenvalue weighted by Gasteiger charge is -2.22. The first kappa shape index (κ1) is 19.5. The molecule has 1 aromatic carbocycles. The molecular formula is C18H24N2O6S. The van der Waals surface area contributed by atoms with Crippen LogP contribution in [0.25, 0.3) is 10.9 Å². The highest BCUT2D eigenvalue weighted by Gasteiger charge is 2.24. The van der Waals surface area contributed by atoms with Gasteiger partial charge in [-0.15, -0.1) is 0 Å². The van der Waals surface area contributed by atoms with Crippen LogP contribution in [-0.2, 0) is 16.4 Å². The van der Waals surface area contributed by atoms with E-state index in [1.54, 1.807) is 10.6 Å². The van der Waals surface area contributed by atoms with E-state index in [1.165, 1.54) is 27.7 Å². The van der Waals surface area contributed by atoms with E-state index in [0.29, 0.717) is 53.5 Å². The zero-order chi connectivity index (χ0) is 19.6. The number of aromatic nitrogens is 2. The second kappa shape index (κ2) is 7.75. The zero-order valence-corrected chi connectivity index (χ0v) is 16.5. The number of sulfone groups is 1. The number of ether oxygens (including phenoxy) is 3. The molecule has 2 aromatic rings. The van der Waals surface area contributed by atoms with Crippen molar-refractivity contribution in [2.75, 3.05) is 32.8 Å². The largest absolute Gasteiger partial charge is 0.493 e. The lowest BCUT2D eigenvalue weighted by atomic mass is 9.99. The highest BCUT2D eigenvalue weighted by atomic mass is 32.2. The van der Waals surface area contributed by atoms with Gasteiger partial charge in [-0.2, -0.15) is 0 Å². The Labute approximate surface area is 158 Å². The number of rotatable bonds is 6. The van der Waals surface area contributed by atoms with E-state index in [1.807, 2.05) is 0 Å². The van der Waals surface area contributed by atoms with E-state index in [9.17, 15) is 13.2 Å². The Morgan fingerprint density at radius 1 is 1.11 bits per heavy atom. The highest BCUT2D eigenvalue weighted by molar-refractivity contribution is 7.91. The molecule has 1 aliphatic rings. The number of hydrogen-bond donors (Lipinski definition) is 0. The van der Waals surface area contributed by atoms with Gasteiger partial charge in [0, 0.05) is 6.54 Å². The molecule has 1 aromatic heterocycles. The molecule has 148 valence electrons. The minimum absolute atomic E-state index is 0.192. The van der Waals surface area contributed by atoms with Gasteiger partial charge in [-0.1, -0.05) is 0 Å². The summed E-state index contributed by atoms with van der Waals surface area (Å²) in [7, 11) is 1.60. The molecule has 0 aliphatic carbocycles. The fourth-order valence-electron chi connectivity index (χ4n) is 3.48. The van der Waals surface area contributed by atoms with Crippen molar-refractivity contribution < 1.29 is 22.6 Å². The van der Waals surface area contributed by atoms with Gasteiger partial charge in [-0.05, 0) is 31.2 Å². The number of aryl methyl sites for hydroxylation is 1. The van der Waals surface area contributed by atoms with Gasteiger partial charge in [0.1, 0.15) is 15.4 Å². The molecule has 0 atom stereocenters. The van der Waals surface area contributed by atoms with Crippen molar-refractivity contribution in [3.8, 4) is 17.2 Å². The molecule has 9 heteroatoms. The fraction of sp³-hybridized carbons (Fsp3) is 0.556. The van der Waals surface area contributed by atoms with Gasteiger partial charge in [-0.3, -0.25) is 9.36 Å². The van der Waals surface area contributed by atoms with Crippen molar-refractivity contribution in [2.45, 2.75) is 25.8 Å². The highest BCUT2D eigenvalue weighted by Crippen LogP contribution is 2.41. The summed E-state index contributed by atoms with van der Waals surface area (Å²) in [4.78, 5) is 17.3. The Hall–Kier alpha value is -2.29. The van der Waals surface area contributed by atoms with Crippen LogP contribution in [0.15, 0.2) is 17.2 Å². The number of fused-ring (bicyclic) bond motifs is 1. The monoisotopic (exact) mass is 396 g/mol. The van der Waals surface area contributed by atoms with Crippen molar-refractivity contribution >= 4 is 20.7 Å². The van der Waals surface area contributed by atoms with Crippen LogP contribution < -0.4 is 19.8 Å². The Morgan fingerprint density at radius 3 is 2.37 bits per heavy atom. The Kier molecular flexibility index (Phi) is 5.59. The predicted octanol–water partition coefficient (Wildman–Crippen LogP) is 1.64. The molecular weight excluding hydrogens is 372 g/mol. The number of hydrogen-bond acceptors (Lipinski definition) is 7. The molecule has 1 aliphatic heterocycles. The van der Waals surface area contributed by atoms with Gasteiger partial charge in [-0.25, -0.2) is 13.4 Å². The summed E-state index contributed by atoms with van der Waals surface area (Å²) >= 11 is 0. The molecule has 1 fully saturated rings. The predicted molar refractivity (Wildman–Crippen MR) is 102 cm³/mol. The minimum atomic E-state index is -2.88. The standard InChI is InChI=1S/C18H24N2O6S/c1-24-14-10-13-15(17(26-3)16(14)25-2)19-11-20(18(13)21)7-4-12-5-8-27(22,23)9-6-12/h10-12H,4-9H2,1-3H3. The Balaban J connectivity index is 1.90. The second-order valence-electron chi connectivity index (χ2n) is 6.67. The summed E-state index contributed by atoms with van der Waals surface area (Å²) in [6, 6.07) is 1.61. The topological polar surface area (TPSA) is 96.7 Å². The molecule has 0 N–H and O–H groups in total. The molecule has 0 unspecified atom stereocenters. The van der Waals surface area contributed by atoms with Gasteiger partial charge < -0.3 is 14.2 Å². The van der Waals surface area contributed by atoms with Crippen LogP contribution in [0, 0.1) is 5.92 Å².